The Morgan fingerprint density at radius 2 is 1.82 bits per heavy atom. The first-order chi connectivity index (χ1) is 16.0. The number of aromatic carboxylic acids is 1. The minimum Gasteiger partial charge on any atom is -0.478 e. The second-order valence-electron chi connectivity index (χ2n) is 8.57. The van der Waals surface area contributed by atoms with Crippen LogP contribution in [0.5, 0.6) is 0 Å². The van der Waals surface area contributed by atoms with Gasteiger partial charge in [0.1, 0.15) is 17.3 Å². The molecule has 0 amide bonds. The summed E-state index contributed by atoms with van der Waals surface area (Å²) < 4.78 is 5.75. The standard InChI is InChI=1S/C25H23Cl2N3O3/c26-19-2-1-3-20(27)22(19)23-18(24(33-29-23)16-5-6-16)8-4-15-10-12-30(13-11-15)21-9-7-17(14-28-21)25(31)32/h1-4,7-9,14-16H,5-6,10-13H2,(H,31,32)/b8-4-. The summed E-state index contributed by atoms with van der Waals surface area (Å²) in [6.45, 7) is 1.72. The average molecular weight is 484 g/mol. The molecule has 33 heavy (non-hydrogen) atoms. The number of aromatic nitrogens is 2. The number of carboxylic acid groups (broad SMARTS) is 1. The van der Waals surface area contributed by atoms with Gasteiger partial charge >= 0.3 is 5.97 Å². The van der Waals surface area contributed by atoms with Crippen LogP contribution >= 0.6 is 23.2 Å². The van der Waals surface area contributed by atoms with Gasteiger partial charge in [-0.25, -0.2) is 9.78 Å². The molecule has 1 saturated heterocycles. The van der Waals surface area contributed by atoms with Crippen molar-refractivity contribution >= 4 is 41.1 Å². The second-order valence-corrected chi connectivity index (χ2v) is 9.39. The summed E-state index contributed by atoms with van der Waals surface area (Å²) in [4.78, 5) is 17.5. The Hall–Kier alpha value is -2.83. The Balaban J connectivity index is 1.32. The van der Waals surface area contributed by atoms with Gasteiger partial charge in [-0.15, -0.1) is 0 Å². The van der Waals surface area contributed by atoms with Crippen molar-refractivity contribution < 1.29 is 14.4 Å². The highest BCUT2D eigenvalue weighted by Crippen LogP contribution is 2.46. The lowest BCUT2D eigenvalue weighted by atomic mass is 9.94. The fourth-order valence-electron chi connectivity index (χ4n) is 4.27. The van der Waals surface area contributed by atoms with E-state index in [2.05, 4.69) is 27.2 Å². The molecule has 1 aliphatic heterocycles. The molecule has 6 nitrogen and oxygen atoms in total. The summed E-state index contributed by atoms with van der Waals surface area (Å²) in [5, 5.41) is 14.5. The van der Waals surface area contributed by atoms with Crippen LogP contribution in [0, 0.1) is 5.92 Å². The molecule has 2 fully saturated rings. The molecule has 1 saturated carbocycles. The lowest BCUT2D eigenvalue weighted by Crippen LogP contribution is -2.33. The molecule has 1 aliphatic carbocycles. The summed E-state index contributed by atoms with van der Waals surface area (Å²) in [7, 11) is 0. The maximum absolute atomic E-state index is 11.0. The molecular formula is C25H23Cl2N3O3. The summed E-state index contributed by atoms with van der Waals surface area (Å²) >= 11 is 12.9. The van der Waals surface area contributed by atoms with Crippen molar-refractivity contribution in [3.05, 3.63) is 69.5 Å². The topological polar surface area (TPSA) is 79.5 Å². The lowest BCUT2D eigenvalue weighted by Gasteiger charge is -2.31. The van der Waals surface area contributed by atoms with Crippen LogP contribution in [0.25, 0.3) is 17.3 Å². The fourth-order valence-corrected chi connectivity index (χ4v) is 4.84. The van der Waals surface area contributed by atoms with Gasteiger partial charge < -0.3 is 14.5 Å². The van der Waals surface area contributed by atoms with Crippen LogP contribution in [0.15, 0.2) is 47.1 Å². The number of carbonyl (C=O) groups is 1. The highest BCUT2D eigenvalue weighted by Gasteiger charge is 2.32. The molecule has 0 unspecified atom stereocenters. The normalized spacial score (nSPS) is 17.1. The van der Waals surface area contributed by atoms with Crippen LogP contribution in [0.2, 0.25) is 10.0 Å². The van der Waals surface area contributed by atoms with Gasteiger partial charge in [-0.3, -0.25) is 0 Å². The number of hydrogen-bond acceptors (Lipinski definition) is 5. The number of allylic oxidation sites excluding steroid dienone is 1. The summed E-state index contributed by atoms with van der Waals surface area (Å²) in [5.41, 5.74) is 2.58. The van der Waals surface area contributed by atoms with Crippen molar-refractivity contribution in [3.63, 3.8) is 0 Å². The van der Waals surface area contributed by atoms with Crippen LogP contribution in [0.3, 0.4) is 0 Å². The summed E-state index contributed by atoms with van der Waals surface area (Å²) in [5.74, 6) is 1.59. The molecule has 0 bridgehead atoms. The smallest absolute Gasteiger partial charge is 0.337 e. The van der Waals surface area contributed by atoms with E-state index in [4.69, 9.17) is 32.8 Å². The molecule has 0 spiro atoms. The second kappa shape index (κ2) is 9.20. The van der Waals surface area contributed by atoms with Crippen LogP contribution in [0.4, 0.5) is 5.82 Å². The molecule has 1 N–H and O–H groups in total. The maximum Gasteiger partial charge on any atom is 0.337 e. The molecule has 0 atom stereocenters. The van der Waals surface area contributed by atoms with E-state index in [1.54, 1.807) is 12.1 Å². The van der Waals surface area contributed by atoms with E-state index in [1.165, 1.54) is 6.20 Å². The average Bonchev–Trinajstić information content (AvgIpc) is 3.58. The van der Waals surface area contributed by atoms with Gasteiger partial charge in [0, 0.05) is 36.3 Å². The monoisotopic (exact) mass is 483 g/mol. The molecule has 0 radical (unpaired) electrons. The van der Waals surface area contributed by atoms with Gasteiger partial charge in [0.25, 0.3) is 0 Å². The Labute approximate surface area is 201 Å². The van der Waals surface area contributed by atoms with Gasteiger partial charge in [0.2, 0.25) is 0 Å². The predicted molar refractivity (Wildman–Crippen MR) is 129 cm³/mol. The van der Waals surface area contributed by atoms with Crippen LogP contribution in [-0.4, -0.2) is 34.3 Å². The van der Waals surface area contributed by atoms with Gasteiger partial charge in [-0.05, 0) is 55.9 Å². The zero-order valence-corrected chi connectivity index (χ0v) is 19.4. The lowest BCUT2D eigenvalue weighted by molar-refractivity contribution is 0.0696. The Morgan fingerprint density at radius 3 is 2.42 bits per heavy atom. The first-order valence-electron chi connectivity index (χ1n) is 11.1. The van der Waals surface area contributed by atoms with E-state index in [9.17, 15) is 4.79 Å². The van der Waals surface area contributed by atoms with Gasteiger partial charge in [0.15, 0.2) is 0 Å². The van der Waals surface area contributed by atoms with E-state index in [0.29, 0.717) is 33.1 Å². The molecule has 2 aliphatic rings. The Kier molecular flexibility index (Phi) is 6.13. The SMILES string of the molecule is O=C(O)c1ccc(N2CCC(/C=C\c3c(-c4c(Cl)cccc4Cl)noc3C3CC3)CC2)nc1. The van der Waals surface area contributed by atoms with Crippen molar-refractivity contribution in [2.24, 2.45) is 5.92 Å². The molecule has 8 heteroatoms. The molecular weight excluding hydrogens is 461 g/mol. The van der Waals surface area contributed by atoms with E-state index in [1.807, 2.05) is 18.2 Å². The summed E-state index contributed by atoms with van der Waals surface area (Å²) in [6.07, 6.45) is 9.95. The highest BCUT2D eigenvalue weighted by atomic mass is 35.5. The predicted octanol–water partition coefficient (Wildman–Crippen LogP) is 6.55. The quantitative estimate of drug-likeness (QED) is 0.428. The van der Waals surface area contributed by atoms with Crippen LogP contribution < -0.4 is 4.90 Å². The van der Waals surface area contributed by atoms with E-state index in [-0.39, 0.29) is 5.56 Å². The van der Waals surface area contributed by atoms with E-state index >= 15 is 0 Å². The zero-order chi connectivity index (χ0) is 22.9. The van der Waals surface area contributed by atoms with E-state index < -0.39 is 5.97 Å². The van der Waals surface area contributed by atoms with Gasteiger partial charge in [-0.2, -0.15) is 0 Å². The third-order valence-electron chi connectivity index (χ3n) is 6.30. The zero-order valence-electron chi connectivity index (χ0n) is 17.9. The molecule has 3 aromatic rings. The summed E-state index contributed by atoms with van der Waals surface area (Å²) in [6, 6.07) is 8.83. The largest absolute Gasteiger partial charge is 0.478 e. The number of benzene rings is 1. The van der Waals surface area contributed by atoms with Crippen molar-refractivity contribution in [1.29, 1.82) is 0 Å². The fraction of sp³-hybridized carbons (Fsp3) is 0.320. The molecule has 5 rings (SSSR count). The minimum atomic E-state index is -0.963. The first-order valence-corrected chi connectivity index (χ1v) is 11.8. The number of nitrogens with zero attached hydrogens (tertiary/aromatic N) is 3. The van der Waals surface area contributed by atoms with Crippen LogP contribution in [-0.2, 0) is 0 Å². The number of anilines is 1. The highest BCUT2D eigenvalue weighted by molar-refractivity contribution is 6.39. The third-order valence-corrected chi connectivity index (χ3v) is 6.93. The number of rotatable bonds is 6. The first kappa shape index (κ1) is 22.0. The number of piperidine rings is 1. The van der Waals surface area contributed by atoms with Gasteiger partial charge in [0.05, 0.1) is 15.6 Å². The number of hydrogen-bond donors (Lipinski definition) is 1. The van der Waals surface area contributed by atoms with Crippen molar-refractivity contribution in [3.8, 4) is 11.3 Å². The number of carboxylic acids is 1. The molecule has 3 heterocycles. The Morgan fingerprint density at radius 1 is 1.09 bits per heavy atom. The number of pyridine rings is 1. The van der Waals surface area contributed by atoms with Crippen molar-refractivity contribution in [1.82, 2.24) is 10.1 Å². The van der Waals surface area contributed by atoms with Crippen molar-refractivity contribution in [2.45, 2.75) is 31.6 Å². The van der Waals surface area contributed by atoms with Crippen LogP contribution in [0.1, 0.15) is 53.3 Å². The molecule has 1 aromatic carbocycles. The molecule has 2 aromatic heterocycles. The third kappa shape index (κ3) is 4.63. The van der Waals surface area contributed by atoms with Crippen molar-refractivity contribution in [2.75, 3.05) is 18.0 Å². The number of halogens is 2. The van der Waals surface area contributed by atoms with E-state index in [0.717, 1.165) is 55.9 Å². The van der Waals surface area contributed by atoms with Gasteiger partial charge in [-0.1, -0.05) is 46.6 Å². The Bertz CT molecular complexity index is 1170. The minimum absolute atomic E-state index is 0.200. The molecule has 170 valence electrons. The maximum atomic E-state index is 11.0.